The van der Waals surface area contributed by atoms with E-state index in [1.807, 2.05) is 34.4 Å². The van der Waals surface area contributed by atoms with Gasteiger partial charge in [-0.25, -0.2) is 0 Å². The van der Waals surface area contributed by atoms with Crippen LogP contribution < -0.4 is 5.73 Å². The molecule has 0 bridgehead atoms. The number of rotatable bonds is 1. The molecule has 0 aliphatic rings. The van der Waals surface area contributed by atoms with Crippen LogP contribution in [0.3, 0.4) is 0 Å². The molecular weight excluding hydrogens is 238 g/mol. The summed E-state index contributed by atoms with van der Waals surface area (Å²) in [5, 5.41) is 0. The molecule has 1 aromatic carbocycles. The summed E-state index contributed by atoms with van der Waals surface area (Å²) in [5.41, 5.74) is 7.74. The zero-order chi connectivity index (χ0) is 7.56. The number of hydrogen-bond donors (Lipinski definition) is 1. The van der Waals surface area contributed by atoms with Gasteiger partial charge in [-0.1, -0.05) is 0 Å². The monoisotopic (exact) mass is 251 g/mol. The van der Waals surface area contributed by atoms with E-state index in [0.717, 1.165) is 5.69 Å². The summed E-state index contributed by atoms with van der Waals surface area (Å²) in [6.07, 6.45) is 0. The second kappa shape index (κ2) is 3.27. The van der Waals surface area contributed by atoms with Crippen molar-refractivity contribution in [3.8, 4) is 0 Å². The average molecular weight is 249 g/mol. The molecule has 0 amide bonds. The van der Waals surface area contributed by atoms with E-state index in [9.17, 15) is 0 Å². The molecule has 0 spiro atoms. The summed E-state index contributed by atoms with van der Waals surface area (Å²) < 4.78 is 0.648. The molecule has 1 atom stereocenters. The molecule has 10 heavy (non-hydrogen) atoms. The molecule has 0 aromatic heterocycles. The van der Waals surface area contributed by atoms with Gasteiger partial charge in [-0.3, -0.25) is 0 Å². The fourth-order valence-electron chi connectivity index (χ4n) is 0.775. The molecule has 0 saturated heterocycles. The SMILES string of the molecule is CC([TeH])c1ccc(N)cc1. The third-order valence-corrected chi connectivity index (χ3v) is 2.27. The second-order valence-corrected chi connectivity index (χ2v) is 4.55. The first-order chi connectivity index (χ1) is 4.70. The van der Waals surface area contributed by atoms with Gasteiger partial charge in [-0.2, -0.15) is 0 Å². The molecule has 0 heterocycles. The van der Waals surface area contributed by atoms with E-state index in [1.165, 1.54) is 5.56 Å². The van der Waals surface area contributed by atoms with Gasteiger partial charge in [0.05, 0.1) is 0 Å². The Labute approximate surface area is 74.5 Å². The molecule has 0 aliphatic heterocycles. The second-order valence-electron chi connectivity index (χ2n) is 2.34. The zero-order valence-corrected chi connectivity index (χ0v) is 8.46. The summed E-state index contributed by atoms with van der Waals surface area (Å²) in [6, 6.07) is 8.06. The Morgan fingerprint density at radius 3 is 2.20 bits per heavy atom. The maximum atomic E-state index is 5.53. The summed E-state index contributed by atoms with van der Waals surface area (Å²) in [7, 11) is 0. The molecule has 2 N–H and O–H groups in total. The minimum absolute atomic E-state index is 0.648. The van der Waals surface area contributed by atoms with E-state index in [2.05, 4.69) is 19.1 Å². The van der Waals surface area contributed by atoms with Gasteiger partial charge in [0.15, 0.2) is 0 Å². The van der Waals surface area contributed by atoms with Gasteiger partial charge in [-0.05, 0) is 0 Å². The van der Waals surface area contributed by atoms with Gasteiger partial charge in [-0.15, -0.1) is 0 Å². The van der Waals surface area contributed by atoms with Crippen LogP contribution >= 0.6 is 0 Å². The van der Waals surface area contributed by atoms with Crippen LogP contribution in [0.1, 0.15) is 16.5 Å². The quantitative estimate of drug-likeness (QED) is 0.587. The number of anilines is 1. The van der Waals surface area contributed by atoms with Gasteiger partial charge in [0.1, 0.15) is 0 Å². The molecule has 1 nitrogen and oxygen atoms in total. The van der Waals surface area contributed by atoms with E-state index >= 15 is 0 Å². The van der Waals surface area contributed by atoms with Crippen molar-refractivity contribution in [1.82, 2.24) is 0 Å². The first kappa shape index (κ1) is 7.91. The molecule has 54 valence electrons. The first-order valence-corrected chi connectivity index (χ1v) is 4.71. The Hall–Kier alpha value is -0.190. The molecule has 1 unspecified atom stereocenters. The van der Waals surface area contributed by atoms with Gasteiger partial charge in [0, 0.05) is 0 Å². The van der Waals surface area contributed by atoms with Crippen LogP contribution in [0.2, 0.25) is 0 Å². The molecule has 0 saturated carbocycles. The molecular formula is C8H11NTe. The van der Waals surface area contributed by atoms with Gasteiger partial charge >= 0.3 is 74.4 Å². The fourth-order valence-corrected chi connectivity index (χ4v) is 1.27. The van der Waals surface area contributed by atoms with Crippen LogP contribution in [-0.4, -0.2) is 22.3 Å². The van der Waals surface area contributed by atoms with Crippen molar-refractivity contribution < 1.29 is 0 Å². The minimum atomic E-state index is 0.648. The Kier molecular flexibility index (Phi) is 2.59. The number of benzene rings is 1. The molecule has 1 aromatic rings. The number of hydrogen-bond acceptors (Lipinski definition) is 1. The predicted molar refractivity (Wildman–Crippen MR) is 46.4 cm³/mol. The van der Waals surface area contributed by atoms with Gasteiger partial charge in [0.2, 0.25) is 0 Å². The number of nitrogens with two attached hydrogens (primary N) is 1. The van der Waals surface area contributed by atoms with Crippen LogP contribution in [0.25, 0.3) is 0 Å². The summed E-state index contributed by atoms with van der Waals surface area (Å²) >= 11 is 1.83. The predicted octanol–water partition coefficient (Wildman–Crippen LogP) is 1.23. The third-order valence-electron chi connectivity index (χ3n) is 1.42. The van der Waals surface area contributed by atoms with Crippen molar-refractivity contribution >= 4 is 28.0 Å². The van der Waals surface area contributed by atoms with Crippen LogP contribution in [0, 0.1) is 0 Å². The van der Waals surface area contributed by atoms with E-state index in [1.54, 1.807) is 0 Å². The topological polar surface area (TPSA) is 26.0 Å². The molecule has 1 rings (SSSR count). The number of nitrogen functional groups attached to an aromatic ring is 1. The van der Waals surface area contributed by atoms with E-state index in [-0.39, 0.29) is 0 Å². The van der Waals surface area contributed by atoms with Crippen molar-refractivity contribution in [2.24, 2.45) is 0 Å². The summed E-state index contributed by atoms with van der Waals surface area (Å²) in [6.45, 7) is 2.19. The maximum absolute atomic E-state index is 5.53. The van der Waals surface area contributed by atoms with E-state index < -0.39 is 0 Å². The zero-order valence-electron chi connectivity index (χ0n) is 5.91. The first-order valence-electron chi connectivity index (χ1n) is 3.23. The Balaban J connectivity index is 2.89. The van der Waals surface area contributed by atoms with Gasteiger partial charge in [0.25, 0.3) is 0 Å². The molecule has 0 radical (unpaired) electrons. The standard InChI is InChI=1S/C8H11NTe/c1-6(10)7-2-4-8(9)5-3-7/h2-6,10H,9H2,1H3. The van der Waals surface area contributed by atoms with Gasteiger partial charge < -0.3 is 0 Å². The third kappa shape index (κ3) is 1.90. The Bertz CT molecular complexity index is 203. The molecule has 0 aliphatic carbocycles. The summed E-state index contributed by atoms with van der Waals surface area (Å²) in [5.74, 6) is 0. The van der Waals surface area contributed by atoms with Crippen molar-refractivity contribution in [3.63, 3.8) is 0 Å². The van der Waals surface area contributed by atoms with Crippen molar-refractivity contribution in [2.75, 3.05) is 5.73 Å². The molecule has 2 heteroatoms. The Morgan fingerprint density at radius 2 is 1.80 bits per heavy atom. The van der Waals surface area contributed by atoms with E-state index in [4.69, 9.17) is 5.73 Å². The van der Waals surface area contributed by atoms with Crippen molar-refractivity contribution in [1.29, 1.82) is 0 Å². The van der Waals surface area contributed by atoms with E-state index in [0.29, 0.717) is 3.97 Å². The van der Waals surface area contributed by atoms with Crippen molar-refractivity contribution in [3.05, 3.63) is 29.8 Å². The fraction of sp³-hybridized carbons (Fsp3) is 0.250. The van der Waals surface area contributed by atoms with Crippen LogP contribution in [0.4, 0.5) is 5.69 Å². The van der Waals surface area contributed by atoms with Crippen LogP contribution in [-0.2, 0) is 0 Å². The molecule has 0 fully saturated rings. The van der Waals surface area contributed by atoms with Crippen LogP contribution in [0.5, 0.6) is 0 Å². The van der Waals surface area contributed by atoms with Crippen molar-refractivity contribution in [2.45, 2.75) is 10.9 Å². The normalized spacial score (nSPS) is 13.0. The average Bonchev–Trinajstić information content (AvgIpc) is 1.88. The van der Waals surface area contributed by atoms with Crippen LogP contribution in [0.15, 0.2) is 24.3 Å². The Morgan fingerprint density at radius 1 is 1.30 bits per heavy atom. The summed E-state index contributed by atoms with van der Waals surface area (Å²) in [4.78, 5) is 0.